The number of thioether (sulfide) groups is 1. The summed E-state index contributed by atoms with van der Waals surface area (Å²) >= 11 is 1.19. The largest absolute Gasteiger partial charge is 0.344 e. The van der Waals surface area contributed by atoms with Gasteiger partial charge in [0, 0.05) is 30.5 Å². The Balaban J connectivity index is 1.70. The molecule has 0 spiro atoms. The fraction of sp³-hybridized carbons (Fsp3) is 0.208. The van der Waals surface area contributed by atoms with E-state index in [2.05, 4.69) is 5.32 Å². The van der Waals surface area contributed by atoms with E-state index >= 15 is 0 Å². The van der Waals surface area contributed by atoms with Crippen LogP contribution in [-0.2, 0) is 11.8 Å². The number of benzene rings is 2. The van der Waals surface area contributed by atoms with Crippen LogP contribution < -0.4 is 10.9 Å². The van der Waals surface area contributed by atoms with Gasteiger partial charge in [0.1, 0.15) is 16.9 Å². The highest BCUT2D eigenvalue weighted by atomic mass is 32.2. The van der Waals surface area contributed by atoms with E-state index in [4.69, 9.17) is 4.98 Å². The molecule has 0 unspecified atom stereocenters. The van der Waals surface area contributed by atoms with E-state index in [0.29, 0.717) is 21.9 Å². The van der Waals surface area contributed by atoms with Gasteiger partial charge in [0.2, 0.25) is 5.91 Å². The smallest absolute Gasteiger partial charge is 0.278 e. The van der Waals surface area contributed by atoms with Crippen LogP contribution in [0.1, 0.15) is 19.9 Å². The van der Waals surface area contributed by atoms with Crippen LogP contribution in [0.5, 0.6) is 0 Å². The van der Waals surface area contributed by atoms with Gasteiger partial charge in [-0.05, 0) is 37.6 Å². The van der Waals surface area contributed by atoms with Crippen molar-refractivity contribution in [1.82, 2.24) is 14.1 Å². The Bertz CT molecular complexity index is 1350. The number of hydrogen-bond acceptors (Lipinski definition) is 4. The Morgan fingerprint density at radius 1 is 1.16 bits per heavy atom. The first kappa shape index (κ1) is 21.8. The zero-order valence-corrected chi connectivity index (χ0v) is 18.8. The second-order valence-corrected chi connectivity index (χ2v) is 8.67. The van der Waals surface area contributed by atoms with Crippen molar-refractivity contribution in [3.63, 3.8) is 0 Å². The first-order valence-corrected chi connectivity index (χ1v) is 11.2. The topological polar surface area (TPSA) is 68.9 Å². The van der Waals surface area contributed by atoms with Gasteiger partial charge >= 0.3 is 0 Å². The second-order valence-electron chi connectivity index (χ2n) is 7.73. The number of carbonyl (C=O) groups excluding carboxylic acids is 1. The lowest BCUT2D eigenvalue weighted by Gasteiger charge is -2.16. The predicted molar refractivity (Wildman–Crippen MR) is 127 cm³/mol. The minimum absolute atomic E-state index is 0.0364. The molecule has 0 aliphatic heterocycles. The number of rotatable bonds is 6. The van der Waals surface area contributed by atoms with Crippen molar-refractivity contribution >= 4 is 34.4 Å². The fourth-order valence-corrected chi connectivity index (χ4v) is 4.53. The van der Waals surface area contributed by atoms with Crippen molar-refractivity contribution < 1.29 is 9.18 Å². The SMILES string of the molecule is CC(C)n1c(SCC(=O)Nc2cccc(F)c2)nc2c(-c3ccccc3)cn(C)c2c1=O. The molecule has 2 heterocycles. The number of anilines is 1. The molecule has 0 bridgehead atoms. The van der Waals surface area contributed by atoms with Crippen molar-refractivity contribution in [2.75, 3.05) is 11.1 Å². The zero-order valence-electron chi connectivity index (χ0n) is 18.0. The lowest BCUT2D eigenvalue weighted by Crippen LogP contribution is -2.26. The van der Waals surface area contributed by atoms with E-state index in [1.807, 2.05) is 57.4 Å². The maximum absolute atomic E-state index is 13.4. The fourth-order valence-electron chi connectivity index (χ4n) is 3.61. The number of aryl methyl sites for hydroxylation is 1. The van der Waals surface area contributed by atoms with Crippen LogP contribution >= 0.6 is 11.8 Å². The summed E-state index contributed by atoms with van der Waals surface area (Å²) in [5, 5.41) is 3.14. The van der Waals surface area contributed by atoms with Gasteiger partial charge in [-0.25, -0.2) is 9.37 Å². The first-order valence-electron chi connectivity index (χ1n) is 10.2. The van der Waals surface area contributed by atoms with E-state index in [-0.39, 0.29) is 23.3 Å². The average molecular weight is 451 g/mol. The number of carbonyl (C=O) groups is 1. The Morgan fingerprint density at radius 3 is 2.59 bits per heavy atom. The number of nitrogens with zero attached hydrogens (tertiary/aromatic N) is 3. The summed E-state index contributed by atoms with van der Waals surface area (Å²) < 4.78 is 16.8. The van der Waals surface area contributed by atoms with Gasteiger partial charge in [0.05, 0.1) is 5.75 Å². The molecule has 0 aliphatic carbocycles. The highest BCUT2D eigenvalue weighted by Gasteiger charge is 2.20. The van der Waals surface area contributed by atoms with Crippen LogP contribution in [0.3, 0.4) is 0 Å². The van der Waals surface area contributed by atoms with E-state index in [1.165, 1.54) is 30.0 Å². The van der Waals surface area contributed by atoms with Gasteiger partial charge < -0.3 is 9.88 Å². The van der Waals surface area contributed by atoms with Crippen LogP contribution in [0.4, 0.5) is 10.1 Å². The molecule has 8 heteroatoms. The van der Waals surface area contributed by atoms with Gasteiger partial charge in [0.25, 0.3) is 5.56 Å². The maximum Gasteiger partial charge on any atom is 0.278 e. The summed E-state index contributed by atoms with van der Waals surface area (Å²) in [6, 6.07) is 15.4. The molecule has 6 nitrogen and oxygen atoms in total. The van der Waals surface area contributed by atoms with Crippen LogP contribution in [0.2, 0.25) is 0 Å². The van der Waals surface area contributed by atoms with Gasteiger partial charge in [-0.15, -0.1) is 0 Å². The van der Waals surface area contributed by atoms with E-state index in [9.17, 15) is 14.0 Å². The molecule has 2 aromatic carbocycles. The second kappa shape index (κ2) is 9.00. The van der Waals surface area contributed by atoms with Gasteiger partial charge in [-0.1, -0.05) is 48.2 Å². The number of hydrogen-bond donors (Lipinski definition) is 1. The van der Waals surface area contributed by atoms with Crippen molar-refractivity contribution in [2.45, 2.75) is 25.0 Å². The molecule has 0 fully saturated rings. The molecule has 0 aliphatic rings. The molecule has 164 valence electrons. The molecule has 4 aromatic rings. The van der Waals surface area contributed by atoms with Gasteiger partial charge in [-0.3, -0.25) is 14.2 Å². The van der Waals surface area contributed by atoms with Gasteiger partial charge in [-0.2, -0.15) is 0 Å². The number of aromatic nitrogens is 3. The Morgan fingerprint density at radius 2 is 1.91 bits per heavy atom. The molecule has 2 aromatic heterocycles. The average Bonchev–Trinajstić information content (AvgIpc) is 3.09. The molecule has 1 amide bonds. The number of fused-ring (bicyclic) bond motifs is 1. The number of halogens is 1. The molecule has 1 N–H and O–H groups in total. The first-order chi connectivity index (χ1) is 15.3. The Labute approximate surface area is 189 Å². The molecular formula is C24H23FN4O2S. The van der Waals surface area contributed by atoms with Gasteiger partial charge in [0.15, 0.2) is 5.16 Å². The Kier molecular flexibility index (Phi) is 6.14. The molecule has 4 rings (SSSR count). The van der Waals surface area contributed by atoms with Crippen LogP contribution in [0.25, 0.3) is 22.2 Å². The molecule has 0 radical (unpaired) electrons. The third-order valence-corrected chi connectivity index (χ3v) is 5.98. The van der Waals surface area contributed by atoms with E-state index in [0.717, 1.165) is 11.1 Å². The third kappa shape index (κ3) is 4.31. The molecule has 0 saturated carbocycles. The normalized spacial score (nSPS) is 11.3. The molecular weight excluding hydrogens is 427 g/mol. The summed E-state index contributed by atoms with van der Waals surface area (Å²) in [4.78, 5) is 30.6. The summed E-state index contributed by atoms with van der Waals surface area (Å²) in [6.07, 6.45) is 1.91. The summed E-state index contributed by atoms with van der Waals surface area (Å²) in [5.74, 6) is -0.690. The minimum Gasteiger partial charge on any atom is -0.344 e. The summed E-state index contributed by atoms with van der Waals surface area (Å²) in [5.41, 5.74) is 3.19. The number of amides is 1. The molecule has 32 heavy (non-hydrogen) atoms. The van der Waals surface area contributed by atoms with E-state index in [1.54, 1.807) is 15.2 Å². The van der Waals surface area contributed by atoms with Crippen molar-refractivity contribution in [1.29, 1.82) is 0 Å². The number of nitrogens with one attached hydrogen (secondary N) is 1. The highest BCUT2D eigenvalue weighted by Crippen LogP contribution is 2.30. The van der Waals surface area contributed by atoms with E-state index < -0.39 is 5.82 Å². The Hall–Kier alpha value is -3.39. The standard InChI is InChI=1S/C24H23FN4O2S/c1-15(2)29-23(31)22-21(19(13-28(22)3)16-8-5-4-6-9-16)27-24(29)32-14-20(30)26-18-11-7-10-17(25)12-18/h4-13,15H,14H2,1-3H3,(H,26,30). The van der Waals surface area contributed by atoms with Crippen LogP contribution in [-0.4, -0.2) is 25.8 Å². The quantitative estimate of drug-likeness (QED) is 0.337. The van der Waals surface area contributed by atoms with Crippen LogP contribution in [0.15, 0.2) is 70.7 Å². The minimum atomic E-state index is -0.422. The molecule has 0 atom stereocenters. The lowest BCUT2D eigenvalue weighted by atomic mass is 10.1. The van der Waals surface area contributed by atoms with Crippen molar-refractivity contribution in [3.05, 3.63) is 77.0 Å². The van der Waals surface area contributed by atoms with Crippen LogP contribution in [0, 0.1) is 5.82 Å². The lowest BCUT2D eigenvalue weighted by molar-refractivity contribution is -0.113. The summed E-state index contributed by atoms with van der Waals surface area (Å²) in [7, 11) is 1.84. The molecule has 0 saturated heterocycles. The summed E-state index contributed by atoms with van der Waals surface area (Å²) in [6.45, 7) is 3.82. The third-order valence-electron chi connectivity index (χ3n) is 5.03. The predicted octanol–water partition coefficient (Wildman–Crippen LogP) is 4.85. The zero-order chi connectivity index (χ0) is 22.8. The monoisotopic (exact) mass is 450 g/mol. The maximum atomic E-state index is 13.4. The van der Waals surface area contributed by atoms with Crippen molar-refractivity contribution in [2.24, 2.45) is 7.05 Å². The highest BCUT2D eigenvalue weighted by molar-refractivity contribution is 7.99. The van der Waals surface area contributed by atoms with Crippen molar-refractivity contribution in [3.8, 4) is 11.1 Å².